The zero-order valence-electron chi connectivity index (χ0n) is 29.5. The lowest BCUT2D eigenvalue weighted by Gasteiger charge is -2.11. The van der Waals surface area contributed by atoms with E-state index in [1.165, 1.54) is 13.8 Å². The average molecular weight is 691 g/mol. The number of oxime groups is 2. The minimum absolute atomic E-state index is 0.148. The predicted molar refractivity (Wildman–Crippen MR) is 199 cm³/mol. The predicted octanol–water partition coefficient (Wildman–Crippen LogP) is 7.29. The van der Waals surface area contributed by atoms with Crippen molar-refractivity contribution in [3.05, 3.63) is 107 Å². The van der Waals surface area contributed by atoms with Crippen LogP contribution in [-0.2, 0) is 28.7 Å². The zero-order valence-corrected chi connectivity index (χ0v) is 29.5. The molecule has 4 aromatic carbocycles. The van der Waals surface area contributed by atoms with Gasteiger partial charge < -0.3 is 29.4 Å². The Balaban J connectivity index is 1.66. The number of nitrogens with two attached hydrogens (primary N) is 1. The van der Waals surface area contributed by atoms with E-state index in [0.29, 0.717) is 67.5 Å². The number of fused-ring (bicyclic) bond motifs is 3. The smallest absolute Gasteiger partial charge is 0.331 e. The Morgan fingerprint density at radius 2 is 1.12 bits per heavy atom. The van der Waals surface area contributed by atoms with Gasteiger partial charge in [0.15, 0.2) is 5.78 Å². The summed E-state index contributed by atoms with van der Waals surface area (Å²) >= 11 is 0. The van der Waals surface area contributed by atoms with Crippen LogP contribution in [0.25, 0.3) is 27.5 Å². The zero-order chi connectivity index (χ0) is 36.5. The van der Waals surface area contributed by atoms with Gasteiger partial charge in [-0.3, -0.25) is 4.79 Å². The number of rotatable bonds is 15. The Morgan fingerprint density at radius 3 is 1.65 bits per heavy atom. The summed E-state index contributed by atoms with van der Waals surface area (Å²) < 4.78 is 13.2. The van der Waals surface area contributed by atoms with Crippen molar-refractivity contribution in [3.8, 4) is 5.69 Å². The second-order valence-electron chi connectivity index (χ2n) is 11.9. The van der Waals surface area contributed by atoms with Gasteiger partial charge in [0.1, 0.15) is 0 Å². The van der Waals surface area contributed by atoms with Gasteiger partial charge in [-0.2, -0.15) is 0 Å². The highest BCUT2D eigenvalue weighted by atomic mass is 16.7. The molecule has 11 heteroatoms. The second-order valence-corrected chi connectivity index (χ2v) is 11.9. The molecule has 0 saturated carbocycles. The Hall–Kier alpha value is -5.65. The molecule has 1 aromatic heterocycles. The number of aromatic nitrogens is 1. The number of ketones is 1. The first-order valence-corrected chi connectivity index (χ1v) is 16.9. The molecule has 5 aromatic rings. The van der Waals surface area contributed by atoms with E-state index in [2.05, 4.69) is 14.9 Å². The van der Waals surface area contributed by atoms with Gasteiger partial charge in [0.05, 0.1) is 35.7 Å². The van der Waals surface area contributed by atoms with Crippen LogP contribution < -0.4 is 5.73 Å². The standard InChI is InChI=1S/C40H42N4O7/c1-6-48-20-18-36(42-50-26(4)45)28-10-14-32(15-11-28)44-38-16-12-29(37(19-21-49-7-2)43-51-27(5)46)22-33(38)34-23-30(13-17-39(34)44)40(47)31-9-8-25(3)35(41)24-31/h8-17,22-24H,6-7,18-21,41H2,1-5H3. The van der Waals surface area contributed by atoms with Crippen molar-refractivity contribution < 1.29 is 33.5 Å². The number of hydrogen-bond acceptors (Lipinski definition) is 10. The normalized spacial score (nSPS) is 12.0. The summed E-state index contributed by atoms with van der Waals surface area (Å²) in [7, 11) is 0. The van der Waals surface area contributed by atoms with Crippen molar-refractivity contribution in [2.24, 2.45) is 10.3 Å². The van der Waals surface area contributed by atoms with E-state index in [-0.39, 0.29) is 5.78 Å². The molecule has 0 aliphatic heterocycles. The van der Waals surface area contributed by atoms with Crippen molar-refractivity contribution in [1.82, 2.24) is 4.57 Å². The second kappa shape index (κ2) is 16.8. The lowest BCUT2D eigenvalue weighted by Crippen LogP contribution is -2.09. The summed E-state index contributed by atoms with van der Waals surface area (Å²) in [5, 5.41) is 9.95. The first-order chi connectivity index (χ1) is 24.6. The molecule has 11 nitrogen and oxygen atoms in total. The third-order valence-corrected chi connectivity index (χ3v) is 8.30. The maximum absolute atomic E-state index is 13.7. The monoisotopic (exact) mass is 690 g/mol. The van der Waals surface area contributed by atoms with E-state index in [4.69, 9.17) is 24.9 Å². The quantitative estimate of drug-likeness (QED) is 0.0301. The Kier molecular flexibility index (Phi) is 12.1. The maximum atomic E-state index is 13.7. The molecule has 0 bridgehead atoms. The average Bonchev–Trinajstić information content (AvgIpc) is 3.45. The van der Waals surface area contributed by atoms with Gasteiger partial charge >= 0.3 is 11.9 Å². The summed E-state index contributed by atoms with van der Waals surface area (Å²) in [5.41, 5.74) is 13.9. The van der Waals surface area contributed by atoms with E-state index >= 15 is 0 Å². The van der Waals surface area contributed by atoms with Crippen molar-refractivity contribution in [3.63, 3.8) is 0 Å². The fraction of sp³-hybridized carbons (Fsp3) is 0.275. The van der Waals surface area contributed by atoms with Gasteiger partial charge in [-0.1, -0.05) is 40.6 Å². The number of nitrogens with zero attached hydrogens (tertiary/aromatic N) is 3. The number of carbonyl (C=O) groups excluding carboxylic acids is 3. The lowest BCUT2D eigenvalue weighted by atomic mass is 9.99. The van der Waals surface area contributed by atoms with Gasteiger partial charge in [-0.15, -0.1) is 0 Å². The van der Waals surface area contributed by atoms with Gasteiger partial charge in [0, 0.05) is 78.7 Å². The molecule has 0 saturated heterocycles. The third-order valence-electron chi connectivity index (χ3n) is 8.30. The minimum Gasteiger partial charge on any atom is -0.398 e. The van der Waals surface area contributed by atoms with Gasteiger partial charge in [0.25, 0.3) is 0 Å². The van der Waals surface area contributed by atoms with Crippen LogP contribution >= 0.6 is 0 Å². The molecule has 2 N–H and O–H groups in total. The first-order valence-electron chi connectivity index (χ1n) is 16.9. The van der Waals surface area contributed by atoms with Gasteiger partial charge in [-0.25, -0.2) is 9.59 Å². The van der Waals surface area contributed by atoms with Crippen LogP contribution in [0.1, 0.15) is 73.1 Å². The number of aryl methyl sites for hydroxylation is 1. The highest BCUT2D eigenvalue weighted by Gasteiger charge is 2.19. The van der Waals surface area contributed by atoms with Gasteiger partial charge in [-0.05, 0) is 80.4 Å². The summed E-state index contributed by atoms with van der Waals surface area (Å²) in [6.07, 6.45) is 0.883. The molecule has 5 rings (SSSR count). The number of carbonyl (C=O) groups is 3. The highest BCUT2D eigenvalue weighted by Crippen LogP contribution is 2.34. The first kappa shape index (κ1) is 36.6. The van der Waals surface area contributed by atoms with E-state index < -0.39 is 11.9 Å². The van der Waals surface area contributed by atoms with Crippen LogP contribution in [0.2, 0.25) is 0 Å². The summed E-state index contributed by atoms with van der Waals surface area (Å²) in [6.45, 7) is 10.3. The van der Waals surface area contributed by atoms with Crippen molar-refractivity contribution in [2.75, 3.05) is 32.2 Å². The van der Waals surface area contributed by atoms with E-state index in [1.807, 2.05) is 87.5 Å². The molecule has 0 spiro atoms. The number of hydrogen-bond donors (Lipinski definition) is 1. The fourth-order valence-corrected chi connectivity index (χ4v) is 5.72. The van der Waals surface area contributed by atoms with Crippen LogP contribution in [0.5, 0.6) is 0 Å². The van der Waals surface area contributed by atoms with Crippen molar-refractivity contribution in [2.45, 2.75) is 47.5 Å². The summed E-state index contributed by atoms with van der Waals surface area (Å²) in [5.74, 6) is -1.18. The van der Waals surface area contributed by atoms with Crippen LogP contribution in [0.15, 0.2) is 89.2 Å². The molecule has 0 fully saturated rings. The largest absolute Gasteiger partial charge is 0.398 e. The number of nitrogen functional groups attached to an aromatic ring is 1. The number of ether oxygens (including phenoxy) is 2. The van der Waals surface area contributed by atoms with E-state index in [9.17, 15) is 14.4 Å². The van der Waals surface area contributed by atoms with E-state index in [0.717, 1.165) is 44.2 Å². The molecule has 0 aliphatic rings. The topological polar surface area (TPSA) is 144 Å². The molecule has 0 atom stereocenters. The van der Waals surface area contributed by atoms with Crippen LogP contribution in [0.4, 0.5) is 5.69 Å². The molecular weight excluding hydrogens is 648 g/mol. The molecule has 0 unspecified atom stereocenters. The van der Waals surface area contributed by atoms with Crippen molar-refractivity contribution in [1.29, 1.82) is 0 Å². The number of benzene rings is 4. The highest BCUT2D eigenvalue weighted by molar-refractivity contribution is 6.17. The van der Waals surface area contributed by atoms with Crippen LogP contribution in [0, 0.1) is 6.92 Å². The summed E-state index contributed by atoms with van der Waals surface area (Å²) in [4.78, 5) is 47.0. The third kappa shape index (κ3) is 8.75. The Morgan fingerprint density at radius 1 is 0.647 bits per heavy atom. The molecule has 0 amide bonds. The Bertz CT molecular complexity index is 2130. The number of anilines is 1. The van der Waals surface area contributed by atoms with Crippen LogP contribution in [-0.4, -0.2) is 60.1 Å². The van der Waals surface area contributed by atoms with Crippen LogP contribution in [0.3, 0.4) is 0 Å². The minimum atomic E-state index is -0.524. The fourth-order valence-electron chi connectivity index (χ4n) is 5.72. The molecule has 51 heavy (non-hydrogen) atoms. The molecule has 1 heterocycles. The maximum Gasteiger partial charge on any atom is 0.331 e. The van der Waals surface area contributed by atoms with Gasteiger partial charge in [0.2, 0.25) is 0 Å². The Labute approximate surface area is 296 Å². The lowest BCUT2D eigenvalue weighted by molar-refractivity contribution is -0.141. The SMILES string of the molecule is CCOCCC(=NOC(C)=O)c1ccc(-n2c3ccc(C(=O)c4ccc(C)c(N)c4)cc3c3cc(C(CCOCC)=NOC(C)=O)ccc32)cc1. The molecule has 264 valence electrons. The molecular formula is C40H42N4O7. The van der Waals surface area contributed by atoms with Crippen molar-refractivity contribution >= 4 is 56.6 Å². The molecule has 0 radical (unpaired) electrons. The van der Waals surface area contributed by atoms with E-state index in [1.54, 1.807) is 12.1 Å². The molecule has 0 aliphatic carbocycles. The summed E-state index contributed by atoms with van der Waals surface area (Å²) in [6, 6.07) is 24.7.